The van der Waals surface area contributed by atoms with Gasteiger partial charge in [-0.2, -0.15) is 18.4 Å². The first-order chi connectivity index (χ1) is 6.40. The molecule has 2 atom stereocenters. The number of nitriles is 1. The molecule has 1 rings (SSSR count). The average Bonchev–Trinajstić information content (AvgIpc) is 2.52. The monoisotopic (exact) mass is 208 g/mol. The van der Waals surface area contributed by atoms with E-state index < -0.39 is 24.2 Å². The van der Waals surface area contributed by atoms with Crippen molar-refractivity contribution in [2.75, 3.05) is 6.54 Å². The largest absolute Gasteiger partial charge is 0.414 e. The molecule has 80 valence electrons. The highest BCUT2D eigenvalue weighted by Crippen LogP contribution is 2.30. The van der Waals surface area contributed by atoms with E-state index in [9.17, 15) is 13.2 Å². The lowest BCUT2D eigenvalue weighted by Gasteiger charge is -2.25. The van der Waals surface area contributed by atoms with Gasteiger partial charge in [0, 0.05) is 6.42 Å². The van der Waals surface area contributed by atoms with Gasteiger partial charge in [-0.1, -0.05) is 0 Å². The van der Waals surface area contributed by atoms with Crippen LogP contribution in [0.3, 0.4) is 0 Å². The zero-order valence-electron chi connectivity index (χ0n) is 7.43. The molecule has 1 fully saturated rings. The van der Waals surface area contributed by atoms with Gasteiger partial charge in [0.25, 0.3) is 0 Å². The number of halogens is 3. The third-order valence-corrected chi connectivity index (χ3v) is 2.38. The number of rotatable bonds is 2. The van der Waals surface area contributed by atoms with Crippen molar-refractivity contribution >= 4 is 0 Å². The molecule has 2 N–H and O–H groups in total. The second-order valence-corrected chi connectivity index (χ2v) is 3.49. The maximum atomic E-state index is 12.0. The van der Waals surface area contributed by atoms with Crippen LogP contribution in [0, 0.1) is 11.3 Å². The fraction of sp³-hybridized carbons (Fsp3) is 0.875. The number of nitrogens with zero attached hydrogens (tertiary/aromatic N) is 1. The summed E-state index contributed by atoms with van der Waals surface area (Å²) in [6.07, 6.45) is -6.64. The summed E-state index contributed by atoms with van der Waals surface area (Å²) < 4.78 is 36.1. The van der Waals surface area contributed by atoms with Crippen LogP contribution in [0.5, 0.6) is 0 Å². The average molecular weight is 208 g/mol. The number of aliphatic hydroxyl groups excluding tert-OH is 1. The second kappa shape index (κ2) is 3.75. The van der Waals surface area contributed by atoms with E-state index in [0.717, 1.165) is 0 Å². The van der Waals surface area contributed by atoms with Crippen LogP contribution in [0.1, 0.15) is 19.3 Å². The smallest absolute Gasteiger partial charge is 0.384 e. The number of alkyl halides is 3. The highest BCUT2D eigenvalue weighted by atomic mass is 19.4. The van der Waals surface area contributed by atoms with Crippen LogP contribution in [0.25, 0.3) is 0 Å². The molecule has 0 amide bonds. The van der Waals surface area contributed by atoms with E-state index >= 15 is 0 Å². The van der Waals surface area contributed by atoms with E-state index in [2.05, 4.69) is 5.32 Å². The molecule has 0 radical (unpaired) electrons. The zero-order chi connectivity index (χ0) is 10.8. The first kappa shape index (κ1) is 11.3. The summed E-state index contributed by atoms with van der Waals surface area (Å²) in [6.45, 7) is 0.526. The summed E-state index contributed by atoms with van der Waals surface area (Å²) in [7, 11) is 0. The van der Waals surface area contributed by atoms with Gasteiger partial charge in [0.1, 0.15) is 5.54 Å². The second-order valence-electron chi connectivity index (χ2n) is 3.49. The van der Waals surface area contributed by atoms with Crippen molar-refractivity contribution in [1.82, 2.24) is 5.32 Å². The van der Waals surface area contributed by atoms with Crippen LogP contribution in [0.2, 0.25) is 0 Å². The van der Waals surface area contributed by atoms with Crippen LogP contribution in [-0.2, 0) is 0 Å². The molecule has 3 nitrogen and oxygen atoms in total. The van der Waals surface area contributed by atoms with Crippen molar-refractivity contribution in [3.8, 4) is 6.07 Å². The number of aliphatic hydroxyl groups is 1. The van der Waals surface area contributed by atoms with Crippen molar-refractivity contribution in [3.05, 3.63) is 0 Å². The Balaban J connectivity index is 2.62. The zero-order valence-corrected chi connectivity index (χ0v) is 7.43. The molecule has 0 aromatic carbocycles. The van der Waals surface area contributed by atoms with E-state index in [1.807, 2.05) is 6.07 Å². The Bertz CT molecular complexity index is 240. The third kappa shape index (κ3) is 2.36. The molecule has 0 spiro atoms. The lowest BCUT2D eigenvalue weighted by atomic mass is 9.92. The predicted molar refractivity (Wildman–Crippen MR) is 42.3 cm³/mol. The Morgan fingerprint density at radius 3 is 2.57 bits per heavy atom. The maximum absolute atomic E-state index is 12.0. The minimum atomic E-state index is -4.64. The number of nitrogens with one attached hydrogen (secondary N) is 1. The van der Waals surface area contributed by atoms with Gasteiger partial charge in [0.15, 0.2) is 6.10 Å². The molecular formula is C8H11F3N2O. The fourth-order valence-electron chi connectivity index (χ4n) is 1.57. The first-order valence-electron chi connectivity index (χ1n) is 4.31. The summed E-state index contributed by atoms with van der Waals surface area (Å²) >= 11 is 0. The fourth-order valence-corrected chi connectivity index (χ4v) is 1.57. The van der Waals surface area contributed by atoms with Gasteiger partial charge in [0.05, 0.1) is 6.07 Å². The number of hydrogen-bond acceptors (Lipinski definition) is 3. The minimum absolute atomic E-state index is 0.358. The van der Waals surface area contributed by atoms with Crippen molar-refractivity contribution in [2.45, 2.75) is 37.1 Å². The Kier molecular flexibility index (Phi) is 3.02. The lowest BCUT2D eigenvalue weighted by Crippen LogP contribution is -2.45. The van der Waals surface area contributed by atoms with E-state index in [1.54, 1.807) is 0 Å². The molecule has 14 heavy (non-hydrogen) atoms. The molecule has 0 aromatic rings. The molecule has 0 aliphatic carbocycles. The van der Waals surface area contributed by atoms with Gasteiger partial charge in [-0.25, -0.2) is 0 Å². The van der Waals surface area contributed by atoms with Crippen molar-refractivity contribution < 1.29 is 18.3 Å². The normalized spacial score (nSPS) is 29.9. The SMILES string of the molecule is N#CC1(CC(O)C(F)(F)F)CCCN1. The molecule has 1 saturated heterocycles. The quantitative estimate of drug-likeness (QED) is 0.710. The molecule has 6 heteroatoms. The van der Waals surface area contributed by atoms with Crippen molar-refractivity contribution in [3.63, 3.8) is 0 Å². The summed E-state index contributed by atoms with van der Waals surface area (Å²) in [5, 5.41) is 20.3. The van der Waals surface area contributed by atoms with Gasteiger partial charge in [-0.05, 0) is 19.4 Å². The van der Waals surface area contributed by atoms with Gasteiger partial charge < -0.3 is 5.11 Å². The van der Waals surface area contributed by atoms with Crippen molar-refractivity contribution in [1.29, 1.82) is 5.26 Å². The van der Waals surface area contributed by atoms with Crippen LogP contribution >= 0.6 is 0 Å². The molecule has 1 aliphatic rings. The standard InChI is InChI=1S/C8H11F3N2O/c9-8(10,11)6(14)4-7(5-12)2-1-3-13-7/h6,13-14H,1-4H2. The summed E-state index contributed by atoms with van der Waals surface area (Å²) in [5.74, 6) is 0. The van der Waals surface area contributed by atoms with E-state index in [1.165, 1.54) is 0 Å². The molecular weight excluding hydrogens is 197 g/mol. The molecule has 1 aliphatic heterocycles. The van der Waals surface area contributed by atoms with Gasteiger partial charge in [-0.3, -0.25) is 5.32 Å². The molecule has 1 heterocycles. The molecule has 0 saturated carbocycles. The van der Waals surface area contributed by atoms with Crippen LogP contribution in [-0.4, -0.2) is 29.5 Å². The Hall–Kier alpha value is -0.800. The Morgan fingerprint density at radius 2 is 2.21 bits per heavy atom. The van der Waals surface area contributed by atoms with E-state index in [4.69, 9.17) is 10.4 Å². The van der Waals surface area contributed by atoms with E-state index in [-0.39, 0.29) is 0 Å². The highest BCUT2D eigenvalue weighted by molar-refractivity contribution is 5.11. The molecule has 0 bridgehead atoms. The van der Waals surface area contributed by atoms with Crippen LogP contribution in [0.15, 0.2) is 0 Å². The summed E-state index contributed by atoms with van der Waals surface area (Å²) in [4.78, 5) is 0. The Morgan fingerprint density at radius 1 is 1.57 bits per heavy atom. The third-order valence-electron chi connectivity index (χ3n) is 2.38. The lowest BCUT2D eigenvalue weighted by molar-refractivity contribution is -0.208. The number of hydrogen-bond donors (Lipinski definition) is 2. The van der Waals surface area contributed by atoms with Crippen LogP contribution < -0.4 is 5.32 Å². The maximum Gasteiger partial charge on any atom is 0.414 e. The minimum Gasteiger partial charge on any atom is -0.384 e. The topological polar surface area (TPSA) is 56.0 Å². The van der Waals surface area contributed by atoms with Gasteiger partial charge in [0.2, 0.25) is 0 Å². The summed E-state index contributed by atoms with van der Waals surface area (Å²) in [5.41, 5.74) is -1.20. The predicted octanol–water partition coefficient (Wildman–Crippen LogP) is 0.945. The van der Waals surface area contributed by atoms with Crippen molar-refractivity contribution in [2.24, 2.45) is 0 Å². The Labute approximate surface area is 79.5 Å². The molecule has 0 aromatic heterocycles. The van der Waals surface area contributed by atoms with E-state index in [0.29, 0.717) is 19.4 Å². The summed E-state index contributed by atoms with van der Waals surface area (Å²) in [6, 6.07) is 1.81. The van der Waals surface area contributed by atoms with Gasteiger partial charge in [-0.15, -0.1) is 0 Å². The van der Waals surface area contributed by atoms with Gasteiger partial charge >= 0.3 is 6.18 Å². The first-order valence-corrected chi connectivity index (χ1v) is 4.31. The van der Waals surface area contributed by atoms with Crippen LogP contribution in [0.4, 0.5) is 13.2 Å². The highest BCUT2D eigenvalue weighted by Gasteiger charge is 2.45. The molecule has 2 unspecified atom stereocenters.